The number of carbonyl (C=O) groups excluding carboxylic acids is 1. The number of nitrogens with one attached hydrogen (secondary N) is 1. The predicted octanol–water partition coefficient (Wildman–Crippen LogP) is 1.84. The summed E-state index contributed by atoms with van der Waals surface area (Å²) in [6, 6.07) is 1.39. The number of anilines is 1. The number of aromatic carboxylic acids is 1. The van der Waals surface area contributed by atoms with Gasteiger partial charge in [-0.3, -0.25) is 4.79 Å². The Labute approximate surface area is 168 Å². The van der Waals surface area contributed by atoms with Gasteiger partial charge in [-0.1, -0.05) is 18.5 Å². The summed E-state index contributed by atoms with van der Waals surface area (Å²) < 4.78 is 6.04. The van der Waals surface area contributed by atoms with E-state index in [4.69, 9.17) is 21.4 Å². The number of hydrogen-bond donors (Lipinski definition) is 3. The van der Waals surface area contributed by atoms with Crippen LogP contribution in [0.3, 0.4) is 0 Å². The summed E-state index contributed by atoms with van der Waals surface area (Å²) in [4.78, 5) is 29.1. The van der Waals surface area contributed by atoms with Gasteiger partial charge in [-0.15, -0.1) is 0 Å². The van der Waals surface area contributed by atoms with Gasteiger partial charge in [0.25, 0.3) is 0 Å². The van der Waals surface area contributed by atoms with Crippen molar-refractivity contribution in [1.82, 2.24) is 10.3 Å². The summed E-state index contributed by atoms with van der Waals surface area (Å²) in [5, 5.41) is 23.4. The van der Waals surface area contributed by atoms with Crippen molar-refractivity contribution in [3.05, 3.63) is 22.8 Å². The zero-order valence-electron chi connectivity index (χ0n) is 16.1. The Morgan fingerprint density at radius 2 is 2.07 bits per heavy atom. The first-order valence-electron chi connectivity index (χ1n) is 9.47. The number of carboxylic acids is 1. The first-order chi connectivity index (χ1) is 13.2. The summed E-state index contributed by atoms with van der Waals surface area (Å²) in [6.07, 6.45) is 2.46. The Bertz CT molecular complexity index is 766. The number of aliphatic hydroxyl groups excluding tert-OH is 1. The van der Waals surface area contributed by atoms with Gasteiger partial charge in [0.1, 0.15) is 11.9 Å². The topological polar surface area (TPSA) is 112 Å². The van der Waals surface area contributed by atoms with E-state index in [-0.39, 0.29) is 16.5 Å². The minimum atomic E-state index is -1.08. The molecule has 1 spiro atoms. The van der Waals surface area contributed by atoms with Gasteiger partial charge in [0.05, 0.1) is 21.7 Å². The molecule has 0 aromatic carbocycles. The van der Waals surface area contributed by atoms with Crippen molar-refractivity contribution in [3.63, 3.8) is 0 Å². The number of pyridine rings is 1. The molecular weight excluding hydrogens is 386 g/mol. The summed E-state index contributed by atoms with van der Waals surface area (Å²) >= 11 is 6.24. The lowest BCUT2D eigenvalue weighted by atomic mass is 9.73. The largest absolute Gasteiger partial charge is 0.478 e. The van der Waals surface area contributed by atoms with Gasteiger partial charge in [0.15, 0.2) is 0 Å². The van der Waals surface area contributed by atoms with E-state index in [1.54, 1.807) is 6.92 Å². The second kappa shape index (κ2) is 7.85. The van der Waals surface area contributed by atoms with Crippen LogP contribution in [-0.4, -0.2) is 64.0 Å². The molecule has 2 aliphatic rings. The quantitative estimate of drug-likeness (QED) is 0.692. The van der Waals surface area contributed by atoms with Crippen LogP contribution in [-0.2, 0) is 9.53 Å². The van der Waals surface area contributed by atoms with Gasteiger partial charge in [-0.2, -0.15) is 0 Å². The highest BCUT2D eigenvalue weighted by atomic mass is 35.5. The Kier molecular flexibility index (Phi) is 5.84. The molecule has 0 unspecified atom stereocenters. The maximum atomic E-state index is 11.9. The van der Waals surface area contributed by atoms with E-state index >= 15 is 0 Å². The monoisotopic (exact) mass is 411 g/mol. The smallest absolute Gasteiger partial charge is 0.337 e. The average molecular weight is 412 g/mol. The number of aliphatic hydroxyl groups is 1. The van der Waals surface area contributed by atoms with Crippen LogP contribution in [0.2, 0.25) is 5.02 Å². The number of carbonyl (C=O) groups is 2. The number of amides is 1. The van der Waals surface area contributed by atoms with Crippen LogP contribution in [0.5, 0.6) is 0 Å². The highest BCUT2D eigenvalue weighted by Crippen LogP contribution is 2.41. The number of hydrogen-bond acceptors (Lipinski definition) is 6. The van der Waals surface area contributed by atoms with E-state index in [0.29, 0.717) is 51.2 Å². The summed E-state index contributed by atoms with van der Waals surface area (Å²) in [5.41, 5.74) is -1.43. The molecule has 1 amide bonds. The molecular formula is C19H26ClN3O5. The third-order valence-electron chi connectivity index (χ3n) is 5.84. The van der Waals surface area contributed by atoms with E-state index < -0.39 is 23.2 Å². The molecule has 28 heavy (non-hydrogen) atoms. The lowest BCUT2D eigenvalue weighted by Gasteiger charge is -2.53. The fourth-order valence-electron chi connectivity index (χ4n) is 4.10. The molecule has 2 saturated heterocycles. The lowest BCUT2D eigenvalue weighted by molar-refractivity contribution is -0.198. The summed E-state index contributed by atoms with van der Waals surface area (Å²) in [5.74, 6) is -0.648. The Morgan fingerprint density at radius 1 is 1.39 bits per heavy atom. The fourth-order valence-corrected chi connectivity index (χ4v) is 4.38. The molecule has 3 N–H and O–H groups in total. The Hall–Kier alpha value is -1.90. The molecule has 2 aliphatic heterocycles. The number of nitrogens with zero attached hydrogens (tertiary/aromatic N) is 2. The molecule has 1 aromatic heterocycles. The molecule has 3 heterocycles. The minimum absolute atomic E-state index is 0.0377. The van der Waals surface area contributed by atoms with Gasteiger partial charge in [0.2, 0.25) is 5.91 Å². The van der Waals surface area contributed by atoms with Crippen LogP contribution in [0, 0.1) is 0 Å². The van der Waals surface area contributed by atoms with Crippen LogP contribution in [0.25, 0.3) is 0 Å². The SMILES string of the molecule is CCC(=O)N[C@]1(C)CCOC2(CCN(c3ncc(C(=O)O)cc3Cl)CC2)[C@H]1O. The van der Waals surface area contributed by atoms with Crippen molar-refractivity contribution in [1.29, 1.82) is 0 Å². The third-order valence-corrected chi connectivity index (χ3v) is 6.12. The first-order valence-corrected chi connectivity index (χ1v) is 9.85. The average Bonchev–Trinajstić information content (AvgIpc) is 2.67. The summed E-state index contributed by atoms with van der Waals surface area (Å²) in [6.45, 7) is 5.21. The zero-order chi connectivity index (χ0) is 20.5. The molecule has 0 saturated carbocycles. The normalized spacial score (nSPS) is 26.9. The maximum absolute atomic E-state index is 11.9. The van der Waals surface area contributed by atoms with Gasteiger partial charge >= 0.3 is 5.97 Å². The van der Waals surface area contributed by atoms with Crippen LogP contribution in [0.1, 0.15) is 49.9 Å². The second-order valence-corrected chi connectivity index (χ2v) is 8.11. The highest BCUT2D eigenvalue weighted by molar-refractivity contribution is 6.33. The number of rotatable bonds is 4. The number of carboxylic acid groups (broad SMARTS) is 1. The van der Waals surface area contributed by atoms with Crippen LogP contribution < -0.4 is 10.2 Å². The molecule has 154 valence electrons. The van der Waals surface area contributed by atoms with Crippen molar-refractivity contribution in [2.24, 2.45) is 0 Å². The standard InChI is InChI=1S/C19H26ClN3O5/c1-3-14(24)22-18(2)6-9-28-19(17(18)27)4-7-23(8-5-19)15-13(20)10-12(11-21-15)16(25)26/h10-11,17,27H,3-9H2,1-2H3,(H,22,24)(H,25,26)/t17-,18+/m0/s1. The van der Waals surface area contributed by atoms with Gasteiger partial charge in [-0.05, 0) is 32.3 Å². The minimum Gasteiger partial charge on any atom is -0.478 e. The van der Waals surface area contributed by atoms with Gasteiger partial charge < -0.3 is 25.2 Å². The van der Waals surface area contributed by atoms with E-state index in [1.165, 1.54) is 12.3 Å². The van der Waals surface area contributed by atoms with Crippen molar-refractivity contribution in [2.75, 3.05) is 24.6 Å². The molecule has 0 aliphatic carbocycles. The summed E-state index contributed by atoms with van der Waals surface area (Å²) in [7, 11) is 0. The van der Waals surface area contributed by atoms with E-state index in [2.05, 4.69) is 10.3 Å². The molecule has 2 atom stereocenters. The van der Waals surface area contributed by atoms with Crippen LogP contribution in [0.4, 0.5) is 5.82 Å². The number of ether oxygens (including phenoxy) is 1. The van der Waals surface area contributed by atoms with Crippen molar-refractivity contribution < 1.29 is 24.5 Å². The number of piperidine rings is 1. The first kappa shape index (κ1) is 20.8. The van der Waals surface area contributed by atoms with Crippen LogP contribution >= 0.6 is 11.6 Å². The third kappa shape index (κ3) is 3.81. The van der Waals surface area contributed by atoms with E-state index in [9.17, 15) is 14.7 Å². The van der Waals surface area contributed by atoms with Gasteiger partial charge in [-0.25, -0.2) is 9.78 Å². The Balaban J connectivity index is 1.73. The second-order valence-electron chi connectivity index (χ2n) is 7.71. The molecule has 0 radical (unpaired) electrons. The molecule has 0 bridgehead atoms. The van der Waals surface area contributed by atoms with E-state index in [0.717, 1.165) is 0 Å². The lowest BCUT2D eigenvalue weighted by Crippen LogP contribution is -2.69. The van der Waals surface area contributed by atoms with Crippen LogP contribution in [0.15, 0.2) is 12.3 Å². The molecule has 8 nitrogen and oxygen atoms in total. The maximum Gasteiger partial charge on any atom is 0.337 e. The van der Waals surface area contributed by atoms with Gasteiger partial charge in [0, 0.05) is 32.3 Å². The zero-order valence-corrected chi connectivity index (χ0v) is 16.8. The fraction of sp³-hybridized carbons (Fsp3) is 0.632. The van der Waals surface area contributed by atoms with Crippen molar-refractivity contribution in [3.8, 4) is 0 Å². The predicted molar refractivity (Wildman–Crippen MR) is 104 cm³/mol. The Morgan fingerprint density at radius 3 is 2.64 bits per heavy atom. The number of halogens is 1. The molecule has 9 heteroatoms. The molecule has 3 rings (SSSR count). The number of aromatic nitrogens is 1. The van der Waals surface area contributed by atoms with Crippen molar-refractivity contribution in [2.45, 2.75) is 56.8 Å². The van der Waals surface area contributed by atoms with E-state index in [1.807, 2.05) is 11.8 Å². The molecule has 1 aromatic rings. The van der Waals surface area contributed by atoms with Crippen molar-refractivity contribution >= 4 is 29.3 Å². The molecule has 2 fully saturated rings. The highest BCUT2D eigenvalue weighted by Gasteiger charge is 2.53.